The van der Waals surface area contributed by atoms with Crippen LogP contribution in [0.15, 0.2) is 52.9 Å². The molecule has 2 atom stereocenters. The van der Waals surface area contributed by atoms with Gasteiger partial charge in [0, 0.05) is 43.7 Å². The van der Waals surface area contributed by atoms with E-state index in [1.807, 2.05) is 32.3 Å². The second kappa shape index (κ2) is 10.1. The number of furan rings is 1. The fourth-order valence-corrected chi connectivity index (χ4v) is 3.84. The smallest absolute Gasteiger partial charge is 0.138 e. The molecule has 0 saturated carbocycles. The van der Waals surface area contributed by atoms with Crippen molar-refractivity contribution in [2.45, 2.75) is 25.9 Å². The first kappa shape index (κ1) is 22.3. The van der Waals surface area contributed by atoms with Crippen molar-refractivity contribution in [3.8, 4) is 5.75 Å². The van der Waals surface area contributed by atoms with E-state index in [1.54, 1.807) is 0 Å². The van der Waals surface area contributed by atoms with Gasteiger partial charge in [-0.15, -0.1) is 12.4 Å². The molecule has 1 aliphatic rings. The molecule has 0 bridgehead atoms. The maximum absolute atomic E-state index is 6.21. The Morgan fingerprint density at radius 3 is 2.60 bits per heavy atom. The molecule has 0 amide bonds. The van der Waals surface area contributed by atoms with Crippen LogP contribution >= 0.6 is 12.4 Å². The molecule has 4 rings (SSSR count). The highest BCUT2D eigenvalue weighted by molar-refractivity contribution is 5.85. The Balaban J connectivity index is 0.00000256. The standard InChI is InChI=1S/C25H30N2O2.ClH/c1-18(21-5-4-14-26-17-21)28-24-13-9-20-15-23(29-25(20)16-24)12-8-19-6-10-22(11-7-19)27(2)3;/h6-13,15-16,18,21,26H,4-5,14,17H2,1-3H3;1H. The van der Waals surface area contributed by atoms with Gasteiger partial charge < -0.3 is 19.4 Å². The van der Waals surface area contributed by atoms with Gasteiger partial charge in [0.15, 0.2) is 0 Å². The topological polar surface area (TPSA) is 37.6 Å². The summed E-state index contributed by atoms with van der Waals surface area (Å²) in [4.78, 5) is 2.10. The molecule has 5 heteroatoms. The van der Waals surface area contributed by atoms with Crippen molar-refractivity contribution in [2.24, 2.45) is 5.92 Å². The molecule has 1 fully saturated rings. The van der Waals surface area contributed by atoms with E-state index in [4.69, 9.17) is 9.15 Å². The highest BCUT2D eigenvalue weighted by atomic mass is 35.5. The predicted molar refractivity (Wildman–Crippen MR) is 129 cm³/mol. The van der Waals surface area contributed by atoms with Gasteiger partial charge in [-0.25, -0.2) is 0 Å². The van der Waals surface area contributed by atoms with E-state index in [9.17, 15) is 0 Å². The van der Waals surface area contributed by atoms with Crippen molar-refractivity contribution < 1.29 is 9.15 Å². The van der Waals surface area contributed by atoms with E-state index in [2.05, 4.69) is 59.6 Å². The Hall–Kier alpha value is -2.43. The van der Waals surface area contributed by atoms with Crippen LogP contribution in [-0.4, -0.2) is 33.3 Å². The van der Waals surface area contributed by atoms with Gasteiger partial charge >= 0.3 is 0 Å². The Labute approximate surface area is 185 Å². The van der Waals surface area contributed by atoms with Gasteiger partial charge in [0.2, 0.25) is 0 Å². The van der Waals surface area contributed by atoms with Crippen molar-refractivity contribution in [2.75, 3.05) is 32.1 Å². The van der Waals surface area contributed by atoms with Crippen molar-refractivity contribution in [1.29, 1.82) is 0 Å². The molecule has 30 heavy (non-hydrogen) atoms. The molecule has 1 N–H and O–H groups in total. The summed E-state index contributed by atoms with van der Waals surface area (Å²) in [6.45, 7) is 4.33. The molecule has 1 aromatic heterocycles. The average Bonchev–Trinajstić information content (AvgIpc) is 3.15. The van der Waals surface area contributed by atoms with Crippen molar-refractivity contribution >= 4 is 41.2 Å². The second-order valence-electron chi connectivity index (χ2n) is 8.10. The van der Waals surface area contributed by atoms with Crippen LogP contribution in [0.5, 0.6) is 5.75 Å². The highest BCUT2D eigenvalue weighted by Gasteiger charge is 2.21. The fourth-order valence-electron chi connectivity index (χ4n) is 3.84. The molecule has 2 unspecified atom stereocenters. The minimum Gasteiger partial charge on any atom is -0.490 e. The third-order valence-corrected chi connectivity index (χ3v) is 5.68. The van der Waals surface area contributed by atoms with Gasteiger partial charge in [-0.1, -0.05) is 18.2 Å². The summed E-state index contributed by atoms with van der Waals surface area (Å²) in [6, 6.07) is 16.6. The van der Waals surface area contributed by atoms with E-state index in [1.165, 1.54) is 18.5 Å². The van der Waals surface area contributed by atoms with Crippen LogP contribution in [0, 0.1) is 5.92 Å². The second-order valence-corrected chi connectivity index (χ2v) is 8.10. The van der Waals surface area contributed by atoms with Gasteiger partial charge in [0.25, 0.3) is 0 Å². The number of hydrogen-bond acceptors (Lipinski definition) is 4. The molecule has 1 saturated heterocycles. The molecule has 1 aliphatic heterocycles. The zero-order chi connectivity index (χ0) is 20.2. The van der Waals surface area contributed by atoms with E-state index in [0.717, 1.165) is 41.1 Å². The number of rotatable bonds is 6. The normalized spacial score (nSPS) is 17.6. The monoisotopic (exact) mass is 426 g/mol. The Kier molecular flexibility index (Phi) is 7.46. The van der Waals surface area contributed by atoms with Crippen LogP contribution in [0.25, 0.3) is 23.1 Å². The Bertz CT molecular complexity index is 972. The van der Waals surface area contributed by atoms with E-state index >= 15 is 0 Å². The first-order chi connectivity index (χ1) is 14.1. The van der Waals surface area contributed by atoms with Gasteiger partial charge in [-0.2, -0.15) is 0 Å². The molecule has 160 valence electrons. The minimum absolute atomic E-state index is 0. The highest BCUT2D eigenvalue weighted by Crippen LogP contribution is 2.27. The zero-order valence-electron chi connectivity index (χ0n) is 17.9. The Morgan fingerprint density at radius 2 is 1.90 bits per heavy atom. The van der Waals surface area contributed by atoms with Gasteiger partial charge in [0.05, 0.1) is 6.10 Å². The number of benzene rings is 2. The van der Waals surface area contributed by atoms with Crippen LogP contribution in [0.1, 0.15) is 31.1 Å². The van der Waals surface area contributed by atoms with Crippen LogP contribution in [0.4, 0.5) is 5.69 Å². The molecule has 2 heterocycles. The quantitative estimate of drug-likeness (QED) is 0.535. The molecule has 0 spiro atoms. The van der Waals surface area contributed by atoms with Gasteiger partial charge in [0.1, 0.15) is 17.1 Å². The third-order valence-electron chi connectivity index (χ3n) is 5.68. The summed E-state index contributed by atoms with van der Waals surface area (Å²) in [5.74, 6) is 2.28. The lowest BCUT2D eigenvalue weighted by molar-refractivity contribution is 0.131. The number of ether oxygens (including phenoxy) is 1. The molecular weight excluding hydrogens is 396 g/mol. The summed E-state index contributed by atoms with van der Waals surface area (Å²) in [6.07, 6.45) is 6.73. The SMILES string of the molecule is CC(Oc1ccc2cc(C=Cc3ccc(N(C)C)cc3)oc2c1)C1CCCNC1.Cl. The van der Waals surface area contributed by atoms with Gasteiger partial charge in [-0.3, -0.25) is 0 Å². The van der Waals surface area contributed by atoms with E-state index in [-0.39, 0.29) is 18.5 Å². The number of hydrogen-bond donors (Lipinski definition) is 1. The first-order valence-corrected chi connectivity index (χ1v) is 10.4. The van der Waals surface area contributed by atoms with E-state index in [0.29, 0.717) is 5.92 Å². The summed E-state index contributed by atoms with van der Waals surface area (Å²) in [7, 11) is 4.09. The van der Waals surface area contributed by atoms with Crippen molar-refractivity contribution in [1.82, 2.24) is 5.32 Å². The summed E-state index contributed by atoms with van der Waals surface area (Å²) in [5.41, 5.74) is 3.20. The maximum Gasteiger partial charge on any atom is 0.138 e. The lowest BCUT2D eigenvalue weighted by Gasteiger charge is -2.28. The molecule has 4 nitrogen and oxygen atoms in total. The summed E-state index contributed by atoms with van der Waals surface area (Å²) >= 11 is 0. The Morgan fingerprint density at radius 1 is 1.10 bits per heavy atom. The predicted octanol–water partition coefficient (Wildman–Crippen LogP) is 5.86. The lowest BCUT2D eigenvalue weighted by Crippen LogP contribution is -2.37. The number of nitrogens with one attached hydrogen (secondary N) is 1. The van der Waals surface area contributed by atoms with Crippen LogP contribution < -0.4 is 15.0 Å². The van der Waals surface area contributed by atoms with Gasteiger partial charge in [-0.05, 0) is 68.3 Å². The number of halogens is 1. The van der Waals surface area contributed by atoms with Crippen LogP contribution in [-0.2, 0) is 0 Å². The molecular formula is C25H31ClN2O2. The number of nitrogens with zero attached hydrogens (tertiary/aromatic N) is 1. The summed E-state index contributed by atoms with van der Waals surface area (Å²) < 4.78 is 12.2. The van der Waals surface area contributed by atoms with Crippen molar-refractivity contribution in [3.05, 3.63) is 59.9 Å². The molecule has 3 aromatic rings. The largest absolute Gasteiger partial charge is 0.490 e. The number of anilines is 1. The molecule has 0 radical (unpaired) electrons. The summed E-state index contributed by atoms with van der Waals surface area (Å²) in [5, 5.41) is 4.55. The number of piperidine rings is 1. The minimum atomic E-state index is 0. The van der Waals surface area contributed by atoms with Crippen LogP contribution in [0.3, 0.4) is 0 Å². The fraction of sp³-hybridized carbons (Fsp3) is 0.360. The zero-order valence-corrected chi connectivity index (χ0v) is 18.7. The molecule has 0 aliphatic carbocycles. The first-order valence-electron chi connectivity index (χ1n) is 10.4. The van der Waals surface area contributed by atoms with Crippen LogP contribution in [0.2, 0.25) is 0 Å². The van der Waals surface area contributed by atoms with Crippen molar-refractivity contribution in [3.63, 3.8) is 0 Å². The lowest BCUT2D eigenvalue weighted by atomic mass is 9.94. The molecule has 2 aromatic carbocycles. The maximum atomic E-state index is 6.21. The third kappa shape index (κ3) is 5.38. The number of fused-ring (bicyclic) bond motifs is 1. The average molecular weight is 427 g/mol. The van der Waals surface area contributed by atoms with E-state index < -0.39 is 0 Å².